The van der Waals surface area contributed by atoms with Crippen LogP contribution in [0.5, 0.6) is 0 Å². The van der Waals surface area contributed by atoms with Crippen molar-refractivity contribution >= 4 is 0 Å². The second-order valence-corrected chi connectivity index (χ2v) is 3.52. The molecule has 1 rings (SSSR count). The van der Waals surface area contributed by atoms with E-state index in [0.717, 1.165) is 0 Å². The molecular formula is C11H18N2O. The maximum absolute atomic E-state index is 5.61. The summed E-state index contributed by atoms with van der Waals surface area (Å²) in [6.07, 6.45) is 0.0474. The lowest BCUT2D eigenvalue weighted by Crippen LogP contribution is -2.31. The van der Waals surface area contributed by atoms with E-state index in [-0.39, 0.29) is 6.10 Å². The number of nitrogens with two attached hydrogens (primary N) is 1. The van der Waals surface area contributed by atoms with E-state index >= 15 is 0 Å². The van der Waals surface area contributed by atoms with Gasteiger partial charge in [0.05, 0.1) is 6.10 Å². The first-order valence-corrected chi connectivity index (χ1v) is 4.69. The van der Waals surface area contributed by atoms with Crippen LogP contribution in [-0.4, -0.2) is 25.7 Å². The lowest BCUT2D eigenvalue weighted by Gasteiger charge is -2.21. The van der Waals surface area contributed by atoms with E-state index in [1.807, 2.05) is 19.2 Å². The number of ether oxygens (including phenoxy) is 1. The van der Waals surface area contributed by atoms with Crippen LogP contribution in [0, 0.1) is 6.92 Å². The van der Waals surface area contributed by atoms with Crippen molar-refractivity contribution in [3.8, 4) is 0 Å². The van der Waals surface area contributed by atoms with Gasteiger partial charge in [-0.1, -0.05) is 24.3 Å². The first-order chi connectivity index (χ1) is 6.65. The number of rotatable bonds is 4. The number of benzene rings is 1. The monoisotopic (exact) mass is 194 g/mol. The number of hydrazine groups is 1. The zero-order chi connectivity index (χ0) is 10.6. The summed E-state index contributed by atoms with van der Waals surface area (Å²) < 4.78 is 5.41. The molecule has 78 valence electrons. The minimum atomic E-state index is 0.0474. The van der Waals surface area contributed by atoms with Crippen LogP contribution in [0.15, 0.2) is 24.3 Å². The summed E-state index contributed by atoms with van der Waals surface area (Å²) in [5.74, 6) is 5.61. The third-order valence-corrected chi connectivity index (χ3v) is 2.27. The first kappa shape index (κ1) is 11.2. The molecule has 14 heavy (non-hydrogen) atoms. The highest BCUT2D eigenvalue weighted by atomic mass is 16.5. The smallest absolute Gasteiger partial charge is 0.0964 e. The summed E-state index contributed by atoms with van der Waals surface area (Å²) >= 11 is 0. The third-order valence-electron chi connectivity index (χ3n) is 2.27. The van der Waals surface area contributed by atoms with Gasteiger partial charge in [0.1, 0.15) is 0 Å². The van der Waals surface area contributed by atoms with Gasteiger partial charge in [-0.05, 0) is 18.1 Å². The summed E-state index contributed by atoms with van der Waals surface area (Å²) in [4.78, 5) is 0. The molecule has 2 N–H and O–H groups in total. The van der Waals surface area contributed by atoms with Crippen LogP contribution in [-0.2, 0) is 4.74 Å². The second kappa shape index (κ2) is 5.10. The van der Waals surface area contributed by atoms with Crippen molar-refractivity contribution in [2.45, 2.75) is 13.0 Å². The van der Waals surface area contributed by atoms with E-state index in [1.165, 1.54) is 11.1 Å². The van der Waals surface area contributed by atoms with Crippen molar-refractivity contribution in [2.75, 3.05) is 20.7 Å². The van der Waals surface area contributed by atoms with Crippen LogP contribution in [0.3, 0.4) is 0 Å². The summed E-state index contributed by atoms with van der Waals surface area (Å²) in [6.45, 7) is 2.78. The summed E-state index contributed by atoms with van der Waals surface area (Å²) in [7, 11) is 3.55. The van der Waals surface area contributed by atoms with Gasteiger partial charge in [0.15, 0.2) is 0 Å². The fourth-order valence-corrected chi connectivity index (χ4v) is 1.51. The van der Waals surface area contributed by atoms with Gasteiger partial charge < -0.3 is 4.74 Å². The van der Waals surface area contributed by atoms with Crippen LogP contribution < -0.4 is 5.84 Å². The van der Waals surface area contributed by atoms with E-state index in [4.69, 9.17) is 10.6 Å². The molecule has 0 saturated heterocycles. The minimum absolute atomic E-state index is 0.0474. The average Bonchev–Trinajstić information content (AvgIpc) is 2.15. The average molecular weight is 194 g/mol. The summed E-state index contributed by atoms with van der Waals surface area (Å²) in [5, 5.41) is 1.64. The molecule has 0 spiro atoms. The van der Waals surface area contributed by atoms with Gasteiger partial charge in [0.25, 0.3) is 0 Å². The van der Waals surface area contributed by atoms with Crippen molar-refractivity contribution in [1.82, 2.24) is 5.01 Å². The maximum atomic E-state index is 5.61. The Hall–Kier alpha value is -0.900. The Bertz CT molecular complexity index is 286. The highest BCUT2D eigenvalue weighted by Crippen LogP contribution is 2.20. The molecule has 1 unspecified atom stereocenters. The molecule has 1 aromatic carbocycles. The Balaban J connectivity index is 2.83. The molecule has 0 saturated carbocycles. The van der Waals surface area contributed by atoms with Gasteiger partial charge in [0.2, 0.25) is 0 Å². The predicted octanol–water partition coefficient (Wildman–Crippen LogP) is 1.49. The van der Waals surface area contributed by atoms with Crippen LogP contribution in [0.2, 0.25) is 0 Å². The van der Waals surface area contributed by atoms with Crippen LogP contribution in [0.1, 0.15) is 17.2 Å². The number of aryl methyl sites for hydroxylation is 1. The zero-order valence-corrected chi connectivity index (χ0v) is 9.03. The van der Waals surface area contributed by atoms with E-state index in [1.54, 1.807) is 12.1 Å². The van der Waals surface area contributed by atoms with Crippen molar-refractivity contribution in [3.63, 3.8) is 0 Å². The van der Waals surface area contributed by atoms with Crippen LogP contribution >= 0.6 is 0 Å². The molecule has 0 aromatic heterocycles. The van der Waals surface area contributed by atoms with Gasteiger partial charge in [0, 0.05) is 20.7 Å². The molecule has 1 atom stereocenters. The minimum Gasteiger partial charge on any atom is -0.375 e. The van der Waals surface area contributed by atoms with Gasteiger partial charge in [-0.2, -0.15) is 0 Å². The van der Waals surface area contributed by atoms with Gasteiger partial charge in [-0.25, -0.2) is 5.01 Å². The normalized spacial score (nSPS) is 13.2. The standard InChI is InChI=1S/C11H18N2O/c1-9-6-4-5-7-10(9)11(14-3)8-13(2)12/h4-7,11H,8,12H2,1-3H3. The lowest BCUT2D eigenvalue weighted by atomic mass is 10.0. The quantitative estimate of drug-likeness (QED) is 0.583. The van der Waals surface area contributed by atoms with E-state index in [2.05, 4.69) is 19.1 Å². The topological polar surface area (TPSA) is 38.5 Å². The van der Waals surface area contributed by atoms with Gasteiger partial charge in [-0.15, -0.1) is 0 Å². The van der Waals surface area contributed by atoms with Crippen LogP contribution in [0.25, 0.3) is 0 Å². The fraction of sp³-hybridized carbons (Fsp3) is 0.455. The maximum Gasteiger partial charge on any atom is 0.0964 e. The summed E-state index contributed by atoms with van der Waals surface area (Å²) in [5.41, 5.74) is 2.44. The molecule has 0 amide bonds. The third kappa shape index (κ3) is 2.80. The molecule has 0 aliphatic carbocycles. The molecular weight excluding hydrogens is 176 g/mol. The molecule has 0 bridgehead atoms. The number of hydrogen-bond donors (Lipinski definition) is 1. The Kier molecular flexibility index (Phi) is 4.07. The Morgan fingerprint density at radius 3 is 2.57 bits per heavy atom. The Morgan fingerprint density at radius 2 is 2.07 bits per heavy atom. The molecule has 3 heteroatoms. The highest BCUT2D eigenvalue weighted by Gasteiger charge is 2.13. The zero-order valence-electron chi connectivity index (χ0n) is 9.03. The van der Waals surface area contributed by atoms with Crippen molar-refractivity contribution < 1.29 is 4.74 Å². The predicted molar refractivity (Wildman–Crippen MR) is 57.7 cm³/mol. The van der Waals surface area contributed by atoms with Crippen molar-refractivity contribution in [2.24, 2.45) is 5.84 Å². The van der Waals surface area contributed by atoms with Crippen LogP contribution in [0.4, 0.5) is 0 Å². The highest BCUT2D eigenvalue weighted by molar-refractivity contribution is 5.27. The van der Waals surface area contributed by atoms with E-state index < -0.39 is 0 Å². The largest absolute Gasteiger partial charge is 0.375 e. The molecule has 0 aliphatic heterocycles. The molecule has 1 aromatic rings. The number of hydrogen-bond acceptors (Lipinski definition) is 3. The van der Waals surface area contributed by atoms with E-state index in [0.29, 0.717) is 6.54 Å². The Morgan fingerprint density at radius 1 is 1.43 bits per heavy atom. The van der Waals surface area contributed by atoms with Gasteiger partial charge >= 0.3 is 0 Å². The van der Waals surface area contributed by atoms with Crippen molar-refractivity contribution in [1.29, 1.82) is 0 Å². The molecule has 0 heterocycles. The molecule has 0 aliphatic rings. The van der Waals surface area contributed by atoms with Gasteiger partial charge in [-0.3, -0.25) is 5.84 Å². The number of methoxy groups -OCH3 is 1. The summed E-state index contributed by atoms with van der Waals surface area (Å²) in [6, 6.07) is 8.20. The van der Waals surface area contributed by atoms with Crippen molar-refractivity contribution in [3.05, 3.63) is 35.4 Å². The molecule has 0 radical (unpaired) electrons. The number of likely N-dealkylation sites (N-methyl/N-ethyl adjacent to an activating group) is 1. The molecule has 3 nitrogen and oxygen atoms in total. The molecule has 0 fully saturated rings. The second-order valence-electron chi connectivity index (χ2n) is 3.52. The first-order valence-electron chi connectivity index (χ1n) is 4.69. The lowest BCUT2D eigenvalue weighted by molar-refractivity contribution is 0.0713. The van der Waals surface area contributed by atoms with E-state index in [9.17, 15) is 0 Å². The Labute approximate surface area is 85.4 Å². The number of nitrogens with zero attached hydrogens (tertiary/aromatic N) is 1. The SMILES string of the molecule is COC(CN(C)N)c1ccccc1C. The fourth-order valence-electron chi connectivity index (χ4n) is 1.51.